The Morgan fingerprint density at radius 2 is 1.69 bits per heavy atom. The van der Waals surface area contributed by atoms with E-state index >= 15 is 0 Å². The molecule has 0 fully saturated rings. The molecule has 2 aromatic carbocycles. The zero-order chi connectivity index (χ0) is 18.4. The summed E-state index contributed by atoms with van der Waals surface area (Å²) >= 11 is 1.35. The van der Waals surface area contributed by atoms with Gasteiger partial charge in [-0.25, -0.2) is 9.97 Å². The highest BCUT2D eigenvalue weighted by Gasteiger charge is 2.11. The number of aryl methyl sites for hydroxylation is 1. The van der Waals surface area contributed by atoms with Crippen molar-refractivity contribution in [3.05, 3.63) is 78.0 Å². The summed E-state index contributed by atoms with van der Waals surface area (Å²) in [5.74, 6) is 0.257. The van der Waals surface area contributed by atoms with Crippen molar-refractivity contribution in [2.75, 3.05) is 5.75 Å². The fourth-order valence-electron chi connectivity index (χ4n) is 2.60. The summed E-state index contributed by atoms with van der Waals surface area (Å²) in [6, 6.07) is 21.8. The van der Waals surface area contributed by atoms with Gasteiger partial charge in [0.25, 0.3) is 0 Å². The Balaban J connectivity index is 1.62. The Morgan fingerprint density at radius 1 is 1.04 bits per heavy atom. The minimum Gasteiger partial charge on any atom is -0.349 e. The van der Waals surface area contributed by atoms with Crippen molar-refractivity contribution in [3.63, 3.8) is 0 Å². The molecule has 0 saturated heterocycles. The zero-order valence-electron chi connectivity index (χ0n) is 14.8. The molecule has 0 aliphatic carbocycles. The van der Waals surface area contributed by atoms with Crippen LogP contribution in [-0.2, 0) is 4.79 Å². The van der Waals surface area contributed by atoms with Crippen LogP contribution in [0.2, 0.25) is 0 Å². The van der Waals surface area contributed by atoms with E-state index in [1.807, 2.05) is 80.6 Å². The minimum absolute atomic E-state index is 0.0254. The number of carbonyl (C=O) groups excluding carboxylic acids is 1. The Morgan fingerprint density at radius 3 is 2.38 bits per heavy atom. The van der Waals surface area contributed by atoms with Gasteiger partial charge in [0.1, 0.15) is 0 Å². The second-order valence-electron chi connectivity index (χ2n) is 6.03. The number of rotatable bonds is 6. The van der Waals surface area contributed by atoms with Crippen LogP contribution in [0, 0.1) is 6.92 Å². The molecular weight excluding hydrogens is 342 g/mol. The third-order valence-corrected chi connectivity index (χ3v) is 4.76. The van der Waals surface area contributed by atoms with Crippen LogP contribution in [0.3, 0.4) is 0 Å². The molecule has 26 heavy (non-hydrogen) atoms. The van der Waals surface area contributed by atoms with Gasteiger partial charge in [-0.05, 0) is 25.5 Å². The zero-order valence-corrected chi connectivity index (χ0v) is 15.7. The highest BCUT2D eigenvalue weighted by atomic mass is 32.2. The van der Waals surface area contributed by atoms with Gasteiger partial charge in [-0.15, -0.1) is 0 Å². The van der Waals surface area contributed by atoms with Crippen molar-refractivity contribution >= 4 is 17.7 Å². The van der Waals surface area contributed by atoms with Gasteiger partial charge in [-0.3, -0.25) is 4.79 Å². The van der Waals surface area contributed by atoms with Crippen LogP contribution >= 0.6 is 11.8 Å². The first-order valence-corrected chi connectivity index (χ1v) is 9.48. The highest BCUT2D eigenvalue weighted by molar-refractivity contribution is 7.99. The molecule has 0 radical (unpaired) electrons. The number of aromatic nitrogens is 2. The number of benzene rings is 2. The average molecular weight is 363 g/mol. The molecule has 1 heterocycles. The normalized spacial score (nSPS) is 11.8. The average Bonchev–Trinajstić information content (AvgIpc) is 2.67. The van der Waals surface area contributed by atoms with Gasteiger partial charge in [0, 0.05) is 11.3 Å². The van der Waals surface area contributed by atoms with Crippen molar-refractivity contribution < 1.29 is 4.79 Å². The topological polar surface area (TPSA) is 54.9 Å². The standard InChI is InChI=1S/C21H21N3OS/c1-15-13-19(18-11-7-4-8-12-18)24-21(22-15)26-14-20(25)23-16(2)17-9-5-3-6-10-17/h3-13,16H,14H2,1-2H3,(H,23,25)/t16-/m1/s1. The van der Waals surface area contributed by atoms with E-state index in [2.05, 4.69) is 15.3 Å². The van der Waals surface area contributed by atoms with Crippen LogP contribution in [0.5, 0.6) is 0 Å². The first-order chi connectivity index (χ1) is 12.6. The van der Waals surface area contributed by atoms with Crippen LogP contribution in [-0.4, -0.2) is 21.6 Å². The van der Waals surface area contributed by atoms with Gasteiger partial charge in [-0.1, -0.05) is 72.4 Å². The molecule has 1 N–H and O–H groups in total. The largest absolute Gasteiger partial charge is 0.349 e. The lowest BCUT2D eigenvalue weighted by Crippen LogP contribution is -2.28. The van der Waals surface area contributed by atoms with Gasteiger partial charge < -0.3 is 5.32 Å². The maximum Gasteiger partial charge on any atom is 0.230 e. The number of hydrogen-bond donors (Lipinski definition) is 1. The second-order valence-corrected chi connectivity index (χ2v) is 6.97. The van der Waals surface area contributed by atoms with Crippen LogP contribution in [0.15, 0.2) is 71.9 Å². The summed E-state index contributed by atoms with van der Waals surface area (Å²) in [7, 11) is 0. The maximum atomic E-state index is 12.3. The first kappa shape index (κ1) is 18.1. The molecule has 1 amide bonds. The summed E-state index contributed by atoms with van der Waals surface area (Å²) < 4.78 is 0. The highest BCUT2D eigenvalue weighted by Crippen LogP contribution is 2.21. The number of hydrogen-bond acceptors (Lipinski definition) is 4. The van der Waals surface area contributed by atoms with E-state index in [1.165, 1.54) is 11.8 Å². The van der Waals surface area contributed by atoms with Gasteiger partial charge in [0.2, 0.25) is 5.91 Å². The van der Waals surface area contributed by atoms with Crippen LogP contribution in [0.4, 0.5) is 0 Å². The van der Waals surface area contributed by atoms with Crippen LogP contribution in [0.25, 0.3) is 11.3 Å². The molecule has 132 valence electrons. The molecule has 0 saturated carbocycles. The van der Waals surface area contributed by atoms with Crippen molar-refractivity contribution in [2.45, 2.75) is 25.0 Å². The van der Waals surface area contributed by atoms with Gasteiger partial charge in [0.05, 0.1) is 17.5 Å². The van der Waals surface area contributed by atoms with E-state index in [4.69, 9.17) is 0 Å². The van der Waals surface area contributed by atoms with E-state index in [0.717, 1.165) is 22.5 Å². The fourth-order valence-corrected chi connectivity index (χ4v) is 3.32. The van der Waals surface area contributed by atoms with E-state index in [0.29, 0.717) is 5.16 Å². The second kappa shape index (κ2) is 8.63. The third kappa shape index (κ3) is 4.92. The number of carbonyl (C=O) groups is 1. The Bertz CT molecular complexity index is 869. The molecule has 1 atom stereocenters. The van der Waals surface area contributed by atoms with Crippen molar-refractivity contribution in [3.8, 4) is 11.3 Å². The molecular formula is C21H21N3OS. The predicted molar refractivity (Wildman–Crippen MR) is 106 cm³/mol. The summed E-state index contributed by atoms with van der Waals surface area (Å²) in [5.41, 5.74) is 3.89. The van der Waals surface area contributed by atoms with Gasteiger partial charge >= 0.3 is 0 Å². The SMILES string of the molecule is Cc1cc(-c2ccccc2)nc(SCC(=O)N[C@H](C)c2ccccc2)n1. The molecule has 1 aromatic heterocycles. The lowest BCUT2D eigenvalue weighted by Gasteiger charge is -2.14. The number of thioether (sulfide) groups is 1. The first-order valence-electron chi connectivity index (χ1n) is 8.50. The fraction of sp³-hybridized carbons (Fsp3) is 0.190. The number of nitrogens with one attached hydrogen (secondary N) is 1. The van der Waals surface area contributed by atoms with E-state index < -0.39 is 0 Å². The molecule has 3 aromatic rings. The lowest BCUT2D eigenvalue weighted by atomic mass is 10.1. The minimum atomic E-state index is -0.0299. The Kier molecular flexibility index (Phi) is 6.02. The van der Waals surface area contributed by atoms with Crippen molar-refractivity contribution in [1.82, 2.24) is 15.3 Å². The molecule has 0 unspecified atom stereocenters. The molecule has 5 heteroatoms. The quantitative estimate of drug-likeness (QED) is 0.520. The molecule has 0 aliphatic heterocycles. The lowest BCUT2D eigenvalue weighted by molar-refractivity contribution is -0.119. The summed E-state index contributed by atoms with van der Waals surface area (Å²) in [4.78, 5) is 21.3. The van der Waals surface area contributed by atoms with Crippen LogP contribution < -0.4 is 5.32 Å². The smallest absolute Gasteiger partial charge is 0.230 e. The van der Waals surface area contributed by atoms with E-state index in [-0.39, 0.29) is 17.7 Å². The number of amides is 1. The van der Waals surface area contributed by atoms with Crippen molar-refractivity contribution in [2.24, 2.45) is 0 Å². The van der Waals surface area contributed by atoms with E-state index in [9.17, 15) is 4.79 Å². The third-order valence-electron chi connectivity index (χ3n) is 3.91. The number of nitrogens with zero attached hydrogens (tertiary/aromatic N) is 2. The van der Waals surface area contributed by atoms with Crippen LogP contribution in [0.1, 0.15) is 24.2 Å². The van der Waals surface area contributed by atoms with Crippen molar-refractivity contribution in [1.29, 1.82) is 0 Å². The summed E-state index contributed by atoms with van der Waals surface area (Å²) in [6.07, 6.45) is 0. The molecule has 0 spiro atoms. The summed E-state index contributed by atoms with van der Waals surface area (Å²) in [5, 5.41) is 3.63. The van der Waals surface area contributed by atoms with E-state index in [1.54, 1.807) is 0 Å². The maximum absolute atomic E-state index is 12.3. The van der Waals surface area contributed by atoms with Gasteiger partial charge in [-0.2, -0.15) is 0 Å². The molecule has 0 aliphatic rings. The Labute approximate surface area is 158 Å². The molecule has 4 nitrogen and oxygen atoms in total. The monoisotopic (exact) mass is 363 g/mol. The summed E-state index contributed by atoms with van der Waals surface area (Å²) in [6.45, 7) is 3.92. The molecule has 0 bridgehead atoms. The Hall–Kier alpha value is -2.66. The predicted octanol–water partition coefficient (Wildman–Crippen LogP) is 4.42. The van der Waals surface area contributed by atoms with Gasteiger partial charge in [0.15, 0.2) is 5.16 Å². The molecule has 3 rings (SSSR count).